The number of nitrogens with one attached hydrogen (secondary N) is 1. The first-order valence-corrected chi connectivity index (χ1v) is 6.38. The molecule has 2 aliphatic rings. The zero-order valence-corrected chi connectivity index (χ0v) is 8.64. The lowest BCUT2D eigenvalue weighted by molar-refractivity contribution is -0.119. The van der Waals surface area contributed by atoms with E-state index in [1.54, 1.807) is 0 Å². The van der Waals surface area contributed by atoms with Crippen molar-refractivity contribution in [3.63, 3.8) is 0 Å². The summed E-state index contributed by atoms with van der Waals surface area (Å²) in [6.07, 6.45) is 1.97. The smallest absolute Gasteiger partial charge is 0.235 e. The lowest BCUT2D eigenvalue weighted by Crippen LogP contribution is -2.56. The largest absolute Gasteiger partial charge is 0.351 e. The average molecular weight is 215 g/mol. The van der Waals surface area contributed by atoms with Crippen LogP contribution in [0.3, 0.4) is 0 Å². The van der Waals surface area contributed by atoms with Gasteiger partial charge in [0, 0.05) is 6.04 Å². The van der Waals surface area contributed by atoms with Crippen LogP contribution >= 0.6 is 0 Å². The van der Waals surface area contributed by atoms with Gasteiger partial charge in [-0.15, -0.1) is 0 Å². The first kappa shape index (κ1) is 9.71. The second kappa shape index (κ2) is 3.08. The molecule has 1 aliphatic heterocycles. The molecule has 1 N–H and O–H groups in total. The molecule has 14 heavy (non-hydrogen) atoms. The maximum atomic E-state index is 11.6. The number of sulfone groups is 1. The van der Waals surface area contributed by atoms with Gasteiger partial charge in [-0.05, 0) is 19.3 Å². The summed E-state index contributed by atoms with van der Waals surface area (Å²) >= 11 is 0. The molecule has 1 aliphatic carbocycles. The predicted molar refractivity (Wildman–Crippen MR) is 52.5 cm³/mol. The summed E-state index contributed by atoms with van der Waals surface area (Å²) in [6.45, 7) is 3.83. The van der Waals surface area contributed by atoms with Crippen LogP contribution in [0.1, 0.15) is 19.3 Å². The second-order valence-corrected chi connectivity index (χ2v) is 6.23. The molecule has 0 aromatic carbocycles. The molecule has 1 saturated carbocycles. The third-order valence-electron chi connectivity index (χ3n) is 2.88. The van der Waals surface area contributed by atoms with Crippen LogP contribution in [0.2, 0.25) is 0 Å². The van der Waals surface area contributed by atoms with E-state index in [2.05, 4.69) is 11.9 Å². The van der Waals surface area contributed by atoms with E-state index < -0.39 is 9.84 Å². The van der Waals surface area contributed by atoms with Gasteiger partial charge < -0.3 is 5.32 Å². The van der Waals surface area contributed by atoms with E-state index in [1.165, 1.54) is 0 Å². The van der Waals surface area contributed by atoms with E-state index >= 15 is 0 Å². The number of amides is 1. The summed E-state index contributed by atoms with van der Waals surface area (Å²) in [5, 5.41) is 2.34. The van der Waals surface area contributed by atoms with Crippen LogP contribution in [0.4, 0.5) is 0 Å². The highest BCUT2D eigenvalue weighted by Crippen LogP contribution is 2.29. The predicted octanol–water partition coefficient (Wildman–Crippen LogP) is 0.00830. The third kappa shape index (κ3) is 1.56. The van der Waals surface area contributed by atoms with Gasteiger partial charge in [0.15, 0.2) is 9.84 Å². The first-order valence-electron chi connectivity index (χ1n) is 4.66. The lowest BCUT2D eigenvalue weighted by Gasteiger charge is -2.36. The standard InChI is InChI=1S/C9H13NO3S/c1-6-2-3-8-7(4-6)10-9(11)5-14(8,12)13/h7-8H,1-5H2,(H,10,11). The Morgan fingerprint density at radius 3 is 2.86 bits per heavy atom. The Bertz CT molecular complexity index is 383. The van der Waals surface area contributed by atoms with Gasteiger partial charge in [-0.25, -0.2) is 8.42 Å². The molecule has 0 bridgehead atoms. The first-order chi connectivity index (χ1) is 6.49. The highest BCUT2D eigenvalue weighted by Gasteiger charge is 2.42. The lowest BCUT2D eigenvalue weighted by atomic mass is 9.91. The zero-order valence-electron chi connectivity index (χ0n) is 7.82. The fraction of sp³-hybridized carbons (Fsp3) is 0.667. The molecule has 2 rings (SSSR count). The highest BCUT2D eigenvalue weighted by atomic mass is 32.2. The maximum absolute atomic E-state index is 11.6. The van der Waals surface area contributed by atoms with Gasteiger partial charge in [0.25, 0.3) is 0 Å². The van der Waals surface area contributed by atoms with E-state index in [-0.39, 0.29) is 23.0 Å². The third-order valence-corrected chi connectivity index (χ3v) is 5.03. The summed E-state index contributed by atoms with van der Waals surface area (Å²) in [5.41, 5.74) is 1.03. The van der Waals surface area contributed by atoms with E-state index in [0.717, 1.165) is 12.0 Å². The Balaban J connectivity index is 2.29. The van der Waals surface area contributed by atoms with Gasteiger partial charge in [-0.1, -0.05) is 12.2 Å². The maximum Gasteiger partial charge on any atom is 0.235 e. The Labute approximate surface area is 83.3 Å². The van der Waals surface area contributed by atoms with Gasteiger partial charge >= 0.3 is 0 Å². The normalized spacial score (nSPS) is 36.0. The molecule has 0 spiro atoms. The molecule has 1 amide bonds. The minimum absolute atomic E-state index is 0.234. The highest BCUT2D eigenvalue weighted by molar-refractivity contribution is 7.92. The van der Waals surface area contributed by atoms with Crippen LogP contribution in [-0.4, -0.2) is 31.4 Å². The van der Waals surface area contributed by atoms with Crippen LogP contribution < -0.4 is 5.32 Å². The van der Waals surface area contributed by atoms with E-state index in [1.807, 2.05) is 0 Å². The van der Waals surface area contributed by atoms with Crippen molar-refractivity contribution in [1.29, 1.82) is 0 Å². The summed E-state index contributed by atoms with van der Waals surface area (Å²) in [5.74, 6) is -0.721. The number of carbonyl (C=O) groups is 1. The fourth-order valence-corrected chi connectivity index (χ4v) is 4.01. The van der Waals surface area contributed by atoms with Crippen molar-refractivity contribution < 1.29 is 13.2 Å². The Hall–Kier alpha value is -0.840. The molecular weight excluding hydrogens is 202 g/mol. The molecule has 5 heteroatoms. The molecule has 1 heterocycles. The number of fused-ring (bicyclic) bond motifs is 1. The molecule has 2 unspecified atom stereocenters. The van der Waals surface area contributed by atoms with Crippen LogP contribution in [0.25, 0.3) is 0 Å². The van der Waals surface area contributed by atoms with Crippen LogP contribution in [0.5, 0.6) is 0 Å². The molecule has 2 fully saturated rings. The van der Waals surface area contributed by atoms with Crippen LogP contribution in [-0.2, 0) is 14.6 Å². The van der Waals surface area contributed by atoms with E-state index in [0.29, 0.717) is 12.8 Å². The number of hydrogen-bond acceptors (Lipinski definition) is 3. The summed E-state index contributed by atoms with van der Waals surface area (Å²) in [7, 11) is -3.21. The van der Waals surface area contributed by atoms with Crippen LogP contribution in [0.15, 0.2) is 12.2 Å². The quantitative estimate of drug-likeness (QED) is 0.579. The van der Waals surface area contributed by atoms with Gasteiger partial charge in [0.05, 0.1) is 5.25 Å². The summed E-state index contributed by atoms with van der Waals surface area (Å²) in [4.78, 5) is 11.1. The van der Waals surface area contributed by atoms with Gasteiger partial charge in [-0.2, -0.15) is 0 Å². The minimum atomic E-state index is -3.21. The molecule has 4 nitrogen and oxygen atoms in total. The number of rotatable bonds is 0. The molecule has 0 aromatic heterocycles. The second-order valence-electron chi connectivity index (χ2n) is 4.01. The topological polar surface area (TPSA) is 63.2 Å². The van der Waals surface area contributed by atoms with Crippen molar-refractivity contribution in [2.45, 2.75) is 30.6 Å². The fourth-order valence-electron chi connectivity index (χ4n) is 2.20. The molecule has 0 radical (unpaired) electrons. The van der Waals surface area contributed by atoms with Crippen molar-refractivity contribution in [3.05, 3.63) is 12.2 Å². The van der Waals surface area contributed by atoms with Gasteiger partial charge in [0.1, 0.15) is 5.75 Å². The zero-order chi connectivity index (χ0) is 10.3. The minimum Gasteiger partial charge on any atom is -0.351 e. The summed E-state index contributed by atoms with van der Waals surface area (Å²) < 4.78 is 23.3. The van der Waals surface area contributed by atoms with Crippen molar-refractivity contribution >= 4 is 15.7 Å². The van der Waals surface area contributed by atoms with Crippen LogP contribution in [0, 0.1) is 0 Å². The van der Waals surface area contributed by atoms with Crippen molar-refractivity contribution in [1.82, 2.24) is 5.32 Å². The molecule has 0 aromatic rings. The monoisotopic (exact) mass is 215 g/mol. The SMILES string of the molecule is C=C1CCC2C(C1)NC(=O)CS2(=O)=O. The van der Waals surface area contributed by atoms with E-state index in [9.17, 15) is 13.2 Å². The van der Waals surface area contributed by atoms with Gasteiger partial charge in [0.2, 0.25) is 5.91 Å². The Kier molecular flexibility index (Phi) is 2.14. The van der Waals surface area contributed by atoms with Crippen molar-refractivity contribution in [3.8, 4) is 0 Å². The molecule has 78 valence electrons. The molecule has 1 saturated heterocycles. The van der Waals surface area contributed by atoms with Gasteiger partial charge in [-0.3, -0.25) is 4.79 Å². The number of carbonyl (C=O) groups excluding carboxylic acids is 1. The summed E-state index contributed by atoms with van der Waals surface area (Å²) in [6, 6.07) is -0.234. The molecular formula is C9H13NO3S. The Morgan fingerprint density at radius 1 is 1.43 bits per heavy atom. The molecule has 2 atom stereocenters. The average Bonchev–Trinajstić information content (AvgIpc) is 2.00. The van der Waals surface area contributed by atoms with E-state index in [4.69, 9.17) is 0 Å². The Morgan fingerprint density at radius 2 is 2.14 bits per heavy atom. The van der Waals surface area contributed by atoms with Crippen molar-refractivity contribution in [2.24, 2.45) is 0 Å². The van der Waals surface area contributed by atoms with Crippen molar-refractivity contribution in [2.75, 3.05) is 5.75 Å². The number of hydrogen-bond donors (Lipinski definition) is 1.